The van der Waals surface area contributed by atoms with Crippen molar-refractivity contribution in [2.75, 3.05) is 18.5 Å². The molecular formula is C16H18BrN3O2. The lowest BCUT2D eigenvalue weighted by Crippen LogP contribution is -2.45. The number of hydrogen-bond acceptors (Lipinski definition) is 3. The number of hydrogen-bond donors (Lipinski definition) is 1. The molecule has 3 rings (SSSR count). The van der Waals surface area contributed by atoms with Gasteiger partial charge in [-0.15, -0.1) is 0 Å². The zero-order valence-electron chi connectivity index (χ0n) is 12.4. The van der Waals surface area contributed by atoms with E-state index in [9.17, 15) is 4.79 Å². The molecule has 0 bridgehead atoms. The van der Waals surface area contributed by atoms with Gasteiger partial charge in [0, 0.05) is 30.8 Å². The van der Waals surface area contributed by atoms with Crippen molar-refractivity contribution in [1.82, 2.24) is 9.78 Å². The Labute approximate surface area is 137 Å². The molecule has 1 saturated heterocycles. The number of rotatable bonds is 3. The van der Waals surface area contributed by atoms with E-state index < -0.39 is 5.41 Å². The van der Waals surface area contributed by atoms with Crippen LogP contribution in [0.4, 0.5) is 5.82 Å². The predicted octanol–water partition coefficient (Wildman–Crippen LogP) is 2.87. The summed E-state index contributed by atoms with van der Waals surface area (Å²) >= 11 is 3.45. The van der Waals surface area contributed by atoms with E-state index in [0.29, 0.717) is 31.9 Å². The Morgan fingerprint density at radius 1 is 1.27 bits per heavy atom. The van der Waals surface area contributed by atoms with Crippen LogP contribution in [-0.4, -0.2) is 28.9 Å². The van der Waals surface area contributed by atoms with Crippen molar-refractivity contribution >= 4 is 27.7 Å². The van der Waals surface area contributed by atoms with E-state index >= 15 is 0 Å². The van der Waals surface area contributed by atoms with E-state index in [0.717, 1.165) is 10.0 Å². The molecule has 116 valence electrons. The molecule has 2 heterocycles. The second-order valence-corrected chi connectivity index (χ2v) is 6.41. The maximum Gasteiger partial charge on any atom is 0.236 e. The quantitative estimate of drug-likeness (QED) is 0.911. The molecule has 2 aromatic rings. The molecule has 1 fully saturated rings. The minimum atomic E-state index is -0.552. The molecule has 5 nitrogen and oxygen atoms in total. The van der Waals surface area contributed by atoms with Crippen LogP contribution >= 0.6 is 15.9 Å². The molecule has 1 N–H and O–H groups in total. The van der Waals surface area contributed by atoms with E-state index in [-0.39, 0.29) is 5.91 Å². The normalized spacial score (nSPS) is 17.2. The topological polar surface area (TPSA) is 56.2 Å². The van der Waals surface area contributed by atoms with Crippen LogP contribution in [0.2, 0.25) is 0 Å². The molecule has 6 heteroatoms. The lowest BCUT2D eigenvalue weighted by Gasteiger charge is -2.36. The van der Waals surface area contributed by atoms with Gasteiger partial charge in [-0.1, -0.05) is 28.1 Å². The molecule has 0 aliphatic carbocycles. The molecule has 22 heavy (non-hydrogen) atoms. The molecule has 0 spiro atoms. The van der Waals surface area contributed by atoms with Crippen LogP contribution in [0.25, 0.3) is 0 Å². The minimum absolute atomic E-state index is 0.00159. The first kappa shape index (κ1) is 15.2. The molecular weight excluding hydrogens is 346 g/mol. The summed E-state index contributed by atoms with van der Waals surface area (Å²) in [5.41, 5.74) is 0.474. The van der Waals surface area contributed by atoms with E-state index in [1.54, 1.807) is 16.9 Å². The average molecular weight is 364 g/mol. The highest BCUT2D eigenvalue weighted by molar-refractivity contribution is 9.10. The number of anilines is 1. The lowest BCUT2D eigenvalue weighted by atomic mass is 9.73. The molecule has 1 amide bonds. The van der Waals surface area contributed by atoms with Crippen LogP contribution in [0.15, 0.2) is 41.0 Å². The third-order valence-corrected chi connectivity index (χ3v) is 4.77. The van der Waals surface area contributed by atoms with Crippen molar-refractivity contribution in [3.63, 3.8) is 0 Å². The monoisotopic (exact) mass is 363 g/mol. The van der Waals surface area contributed by atoms with Crippen molar-refractivity contribution in [2.45, 2.75) is 18.3 Å². The van der Waals surface area contributed by atoms with Crippen molar-refractivity contribution in [2.24, 2.45) is 7.05 Å². The second kappa shape index (κ2) is 6.22. The first-order chi connectivity index (χ1) is 10.6. The van der Waals surface area contributed by atoms with E-state index in [1.165, 1.54) is 0 Å². The highest BCUT2D eigenvalue weighted by atomic mass is 79.9. The summed E-state index contributed by atoms with van der Waals surface area (Å²) in [6.07, 6.45) is 3.03. The molecule has 0 unspecified atom stereocenters. The van der Waals surface area contributed by atoms with Crippen molar-refractivity contribution in [1.29, 1.82) is 0 Å². The fraction of sp³-hybridized carbons (Fsp3) is 0.375. The van der Waals surface area contributed by atoms with Crippen molar-refractivity contribution in [3.8, 4) is 0 Å². The van der Waals surface area contributed by atoms with E-state index in [4.69, 9.17) is 4.74 Å². The number of ether oxygens (including phenoxy) is 1. The number of nitrogens with zero attached hydrogens (tertiary/aromatic N) is 2. The van der Waals surface area contributed by atoms with Gasteiger partial charge >= 0.3 is 0 Å². The number of carbonyl (C=O) groups excluding carboxylic acids is 1. The van der Waals surface area contributed by atoms with Gasteiger partial charge in [-0.25, -0.2) is 0 Å². The molecule has 1 aliphatic heterocycles. The molecule has 1 aromatic heterocycles. The van der Waals surface area contributed by atoms with Crippen LogP contribution in [0, 0.1) is 0 Å². The third-order valence-electron chi connectivity index (χ3n) is 4.24. The first-order valence-corrected chi connectivity index (χ1v) is 8.04. The van der Waals surface area contributed by atoms with Crippen LogP contribution in [0.5, 0.6) is 0 Å². The fourth-order valence-corrected chi connectivity index (χ4v) is 3.13. The minimum Gasteiger partial charge on any atom is -0.381 e. The smallest absolute Gasteiger partial charge is 0.236 e. The number of benzene rings is 1. The SMILES string of the molecule is Cn1nccc1NC(=O)C1(c2ccc(Br)cc2)CCOCC1. The standard InChI is InChI=1S/C16H18BrN3O2/c1-20-14(6-9-18-20)19-15(21)16(7-10-22-11-8-16)12-2-4-13(17)5-3-12/h2-6,9H,7-8,10-11H2,1H3,(H,19,21). The van der Waals surface area contributed by atoms with Crippen LogP contribution in [-0.2, 0) is 22.0 Å². The predicted molar refractivity (Wildman–Crippen MR) is 87.7 cm³/mol. The summed E-state index contributed by atoms with van der Waals surface area (Å²) in [5.74, 6) is 0.703. The number of nitrogens with one attached hydrogen (secondary N) is 1. The van der Waals surface area contributed by atoms with E-state index in [1.807, 2.05) is 31.3 Å². The Bertz CT molecular complexity index is 660. The number of aryl methyl sites for hydroxylation is 1. The van der Waals surface area contributed by atoms with Crippen LogP contribution in [0.1, 0.15) is 18.4 Å². The van der Waals surface area contributed by atoms with Gasteiger partial charge in [0.2, 0.25) is 5.91 Å². The fourth-order valence-electron chi connectivity index (χ4n) is 2.87. The summed E-state index contributed by atoms with van der Waals surface area (Å²) in [6, 6.07) is 9.77. The Balaban J connectivity index is 1.93. The summed E-state index contributed by atoms with van der Waals surface area (Å²) in [5, 5.41) is 7.10. The van der Waals surface area contributed by atoms with Gasteiger partial charge in [0.25, 0.3) is 0 Å². The summed E-state index contributed by atoms with van der Waals surface area (Å²) in [6.45, 7) is 1.18. The molecule has 0 saturated carbocycles. The molecule has 1 aliphatic rings. The average Bonchev–Trinajstić information content (AvgIpc) is 2.94. The largest absolute Gasteiger partial charge is 0.381 e. The van der Waals surface area contributed by atoms with Gasteiger partial charge in [0.15, 0.2) is 0 Å². The van der Waals surface area contributed by atoms with Crippen molar-refractivity contribution in [3.05, 3.63) is 46.6 Å². The lowest BCUT2D eigenvalue weighted by molar-refractivity contribution is -0.125. The summed E-state index contributed by atoms with van der Waals surface area (Å²) in [4.78, 5) is 13.0. The van der Waals surface area contributed by atoms with Crippen LogP contribution < -0.4 is 5.32 Å². The zero-order valence-corrected chi connectivity index (χ0v) is 14.0. The zero-order chi connectivity index (χ0) is 15.6. The Morgan fingerprint density at radius 3 is 2.55 bits per heavy atom. The maximum absolute atomic E-state index is 13.0. The first-order valence-electron chi connectivity index (χ1n) is 7.25. The van der Waals surface area contributed by atoms with Gasteiger partial charge in [0.1, 0.15) is 5.82 Å². The summed E-state index contributed by atoms with van der Waals surface area (Å²) < 4.78 is 8.14. The Hall–Kier alpha value is -1.66. The number of aromatic nitrogens is 2. The van der Waals surface area contributed by atoms with Gasteiger partial charge < -0.3 is 10.1 Å². The highest BCUT2D eigenvalue weighted by Gasteiger charge is 2.41. The van der Waals surface area contributed by atoms with Gasteiger partial charge in [0.05, 0.1) is 11.6 Å². The van der Waals surface area contributed by atoms with E-state index in [2.05, 4.69) is 26.3 Å². The number of amides is 1. The third kappa shape index (κ3) is 2.80. The number of carbonyl (C=O) groups is 1. The van der Waals surface area contributed by atoms with Gasteiger partial charge in [-0.3, -0.25) is 9.48 Å². The Kier molecular flexibility index (Phi) is 4.31. The molecule has 0 radical (unpaired) electrons. The molecule has 0 atom stereocenters. The van der Waals surface area contributed by atoms with Crippen LogP contribution in [0.3, 0.4) is 0 Å². The number of halogens is 1. The van der Waals surface area contributed by atoms with Gasteiger partial charge in [-0.2, -0.15) is 5.10 Å². The highest BCUT2D eigenvalue weighted by Crippen LogP contribution is 2.36. The van der Waals surface area contributed by atoms with Crippen molar-refractivity contribution < 1.29 is 9.53 Å². The maximum atomic E-state index is 13.0. The Morgan fingerprint density at radius 2 is 1.95 bits per heavy atom. The summed E-state index contributed by atoms with van der Waals surface area (Å²) in [7, 11) is 1.81. The molecule has 1 aromatic carbocycles. The second-order valence-electron chi connectivity index (χ2n) is 5.50. The van der Waals surface area contributed by atoms with Gasteiger partial charge in [-0.05, 0) is 30.5 Å².